The van der Waals surface area contributed by atoms with Gasteiger partial charge in [0.2, 0.25) is 0 Å². The van der Waals surface area contributed by atoms with Crippen LogP contribution in [0.2, 0.25) is 0 Å². The van der Waals surface area contributed by atoms with Crippen molar-refractivity contribution in [3.8, 4) is 0 Å². The number of anilines is 2. The summed E-state index contributed by atoms with van der Waals surface area (Å²) in [6.45, 7) is 4.64. The van der Waals surface area contributed by atoms with Crippen LogP contribution in [-0.2, 0) is 0 Å². The Bertz CT molecular complexity index is 571. The highest BCUT2D eigenvalue weighted by Crippen LogP contribution is 2.39. The summed E-state index contributed by atoms with van der Waals surface area (Å²) < 4.78 is 0. The minimum absolute atomic E-state index is 0.174. The number of hydrogen-bond acceptors (Lipinski definition) is 6. The van der Waals surface area contributed by atoms with Gasteiger partial charge in [-0.05, 0) is 14.0 Å². The van der Waals surface area contributed by atoms with Crippen molar-refractivity contribution in [3.05, 3.63) is 10.4 Å². The van der Waals surface area contributed by atoms with Gasteiger partial charge in [0.15, 0.2) is 0 Å². The molecule has 2 heterocycles. The summed E-state index contributed by atoms with van der Waals surface area (Å²) >= 11 is 1.20. The molecule has 0 spiro atoms. The molecule has 1 fully saturated rings. The first-order valence-electron chi connectivity index (χ1n) is 6.76. The first-order chi connectivity index (χ1) is 9.86. The van der Waals surface area contributed by atoms with Gasteiger partial charge < -0.3 is 26.6 Å². The topological polar surface area (TPSA) is 105 Å². The lowest BCUT2D eigenvalue weighted by Crippen LogP contribution is -2.50. The lowest BCUT2D eigenvalue weighted by atomic mass is 10.1. The number of nitrogens with zero attached hydrogens (tertiary/aromatic N) is 2. The van der Waals surface area contributed by atoms with Gasteiger partial charge in [0.05, 0.1) is 11.3 Å². The predicted octanol–water partition coefficient (Wildman–Crippen LogP) is -0.0709. The SMILES string of the molecule is CNC(=O)c1c(N2CCN(C)CC2C)sc(C(N)=O)c1N. The summed E-state index contributed by atoms with van der Waals surface area (Å²) in [7, 11) is 3.60. The van der Waals surface area contributed by atoms with E-state index < -0.39 is 5.91 Å². The van der Waals surface area contributed by atoms with E-state index in [2.05, 4.69) is 29.1 Å². The summed E-state index contributed by atoms with van der Waals surface area (Å²) in [6.07, 6.45) is 0. The van der Waals surface area contributed by atoms with Gasteiger partial charge in [0.1, 0.15) is 9.88 Å². The van der Waals surface area contributed by atoms with E-state index in [9.17, 15) is 9.59 Å². The molecule has 0 radical (unpaired) electrons. The summed E-state index contributed by atoms with van der Waals surface area (Å²) in [5, 5.41) is 3.30. The molecule has 1 aromatic heterocycles. The summed E-state index contributed by atoms with van der Waals surface area (Å²) in [5.74, 6) is -0.895. The standard InChI is InChI=1S/C13H21N5O2S/c1-7-6-17(3)4-5-18(7)13-8(12(20)16-2)9(14)10(21-13)11(15)19/h7H,4-6,14H2,1-3H3,(H2,15,19)(H,16,20). The number of thiophene rings is 1. The zero-order valence-corrected chi connectivity index (χ0v) is 13.3. The van der Waals surface area contributed by atoms with Gasteiger partial charge in [-0.25, -0.2) is 0 Å². The number of nitrogen functional groups attached to an aromatic ring is 1. The normalized spacial score (nSPS) is 19.6. The van der Waals surface area contributed by atoms with Gasteiger partial charge in [-0.15, -0.1) is 11.3 Å². The molecule has 0 aliphatic carbocycles. The zero-order chi connectivity index (χ0) is 15.7. The fourth-order valence-electron chi connectivity index (χ4n) is 2.60. The molecule has 1 saturated heterocycles. The number of nitrogens with one attached hydrogen (secondary N) is 1. The predicted molar refractivity (Wildman–Crippen MR) is 84.9 cm³/mol. The van der Waals surface area contributed by atoms with Crippen LogP contribution in [-0.4, -0.2) is 56.5 Å². The quantitative estimate of drug-likeness (QED) is 0.725. The number of likely N-dealkylation sites (N-methyl/N-ethyl adjacent to an activating group) is 1. The molecule has 1 atom stereocenters. The van der Waals surface area contributed by atoms with Crippen LogP contribution in [0.5, 0.6) is 0 Å². The van der Waals surface area contributed by atoms with Crippen molar-refractivity contribution >= 4 is 33.8 Å². The van der Waals surface area contributed by atoms with Crippen LogP contribution in [0, 0.1) is 0 Å². The van der Waals surface area contributed by atoms with Crippen molar-refractivity contribution in [2.24, 2.45) is 5.73 Å². The van der Waals surface area contributed by atoms with Crippen LogP contribution in [0.1, 0.15) is 27.0 Å². The highest BCUT2D eigenvalue weighted by Gasteiger charge is 2.31. The Labute approximate surface area is 127 Å². The molecule has 7 nitrogen and oxygen atoms in total. The lowest BCUT2D eigenvalue weighted by molar-refractivity contribution is 0.0964. The van der Waals surface area contributed by atoms with Crippen LogP contribution in [0.3, 0.4) is 0 Å². The minimum Gasteiger partial charge on any atom is -0.397 e. The fourth-order valence-corrected chi connectivity index (χ4v) is 3.80. The molecular weight excluding hydrogens is 290 g/mol. The molecule has 0 saturated carbocycles. The van der Waals surface area contributed by atoms with E-state index in [0.29, 0.717) is 5.56 Å². The molecule has 8 heteroatoms. The second-order valence-corrected chi connectivity index (χ2v) is 6.27. The lowest BCUT2D eigenvalue weighted by Gasteiger charge is -2.39. The molecule has 2 amide bonds. The van der Waals surface area contributed by atoms with E-state index in [1.165, 1.54) is 11.3 Å². The molecule has 5 N–H and O–H groups in total. The van der Waals surface area contributed by atoms with Gasteiger partial charge in [-0.1, -0.05) is 0 Å². The Morgan fingerprint density at radius 1 is 1.38 bits per heavy atom. The number of primary amides is 1. The third-order valence-corrected chi connectivity index (χ3v) is 4.95. The molecule has 1 aliphatic heterocycles. The van der Waals surface area contributed by atoms with Crippen molar-refractivity contribution < 1.29 is 9.59 Å². The van der Waals surface area contributed by atoms with E-state index in [-0.39, 0.29) is 22.5 Å². The van der Waals surface area contributed by atoms with Gasteiger partial charge in [0, 0.05) is 32.7 Å². The monoisotopic (exact) mass is 311 g/mol. The number of carbonyl (C=O) groups excluding carboxylic acids is 2. The largest absolute Gasteiger partial charge is 0.397 e. The molecule has 2 rings (SSSR count). The second kappa shape index (κ2) is 5.90. The molecule has 116 valence electrons. The van der Waals surface area contributed by atoms with E-state index >= 15 is 0 Å². The molecular formula is C13H21N5O2S. The first kappa shape index (κ1) is 15.6. The summed E-state index contributed by atoms with van der Waals surface area (Å²) in [4.78, 5) is 28.2. The van der Waals surface area contributed by atoms with Crippen LogP contribution in [0.4, 0.5) is 10.7 Å². The van der Waals surface area contributed by atoms with Crippen molar-refractivity contribution in [2.75, 3.05) is 44.4 Å². The maximum atomic E-state index is 12.1. The maximum absolute atomic E-state index is 12.1. The molecule has 1 aromatic rings. The zero-order valence-electron chi connectivity index (χ0n) is 12.5. The van der Waals surface area contributed by atoms with Crippen molar-refractivity contribution in [1.82, 2.24) is 10.2 Å². The van der Waals surface area contributed by atoms with Gasteiger partial charge in [-0.2, -0.15) is 0 Å². The van der Waals surface area contributed by atoms with Crippen molar-refractivity contribution in [3.63, 3.8) is 0 Å². The second-order valence-electron chi connectivity index (χ2n) is 5.27. The molecule has 0 aromatic carbocycles. The Hall–Kier alpha value is -1.80. The van der Waals surface area contributed by atoms with Crippen LogP contribution < -0.4 is 21.7 Å². The fraction of sp³-hybridized carbons (Fsp3) is 0.538. The van der Waals surface area contributed by atoms with Crippen LogP contribution >= 0.6 is 11.3 Å². The average Bonchev–Trinajstić information content (AvgIpc) is 2.75. The third kappa shape index (κ3) is 2.81. The highest BCUT2D eigenvalue weighted by atomic mass is 32.1. The Morgan fingerprint density at radius 2 is 2.05 bits per heavy atom. The Balaban J connectivity index is 2.49. The number of nitrogens with two attached hydrogens (primary N) is 2. The molecule has 0 bridgehead atoms. The van der Waals surface area contributed by atoms with Crippen LogP contribution in [0.25, 0.3) is 0 Å². The number of hydrogen-bond donors (Lipinski definition) is 3. The van der Waals surface area contributed by atoms with Crippen LogP contribution in [0.15, 0.2) is 0 Å². The summed E-state index contributed by atoms with van der Waals surface area (Å²) in [5.41, 5.74) is 11.9. The van der Waals surface area contributed by atoms with E-state index in [1.54, 1.807) is 7.05 Å². The van der Waals surface area contributed by atoms with Crippen molar-refractivity contribution in [2.45, 2.75) is 13.0 Å². The number of rotatable bonds is 3. The number of carbonyl (C=O) groups is 2. The first-order valence-corrected chi connectivity index (χ1v) is 7.57. The van der Waals surface area contributed by atoms with E-state index in [1.807, 2.05) is 0 Å². The Morgan fingerprint density at radius 3 is 2.57 bits per heavy atom. The highest BCUT2D eigenvalue weighted by molar-refractivity contribution is 7.19. The molecule has 1 aliphatic rings. The van der Waals surface area contributed by atoms with Gasteiger partial charge >= 0.3 is 0 Å². The van der Waals surface area contributed by atoms with E-state index in [4.69, 9.17) is 11.5 Å². The average molecular weight is 311 g/mol. The Kier molecular flexibility index (Phi) is 4.38. The minimum atomic E-state index is -0.601. The molecule has 1 unspecified atom stereocenters. The number of piperazine rings is 1. The summed E-state index contributed by atoms with van der Waals surface area (Å²) in [6, 6.07) is 0.228. The smallest absolute Gasteiger partial charge is 0.260 e. The van der Waals surface area contributed by atoms with Gasteiger partial charge in [0.25, 0.3) is 11.8 Å². The third-order valence-electron chi connectivity index (χ3n) is 3.70. The van der Waals surface area contributed by atoms with Crippen molar-refractivity contribution in [1.29, 1.82) is 0 Å². The van der Waals surface area contributed by atoms with Gasteiger partial charge in [-0.3, -0.25) is 9.59 Å². The number of amides is 2. The maximum Gasteiger partial charge on any atom is 0.260 e. The molecule has 21 heavy (non-hydrogen) atoms. The van der Waals surface area contributed by atoms with E-state index in [0.717, 1.165) is 24.6 Å².